The van der Waals surface area contributed by atoms with Gasteiger partial charge in [0.1, 0.15) is 16.6 Å². The molecule has 0 spiro atoms. The van der Waals surface area contributed by atoms with Gasteiger partial charge in [-0.15, -0.1) is 0 Å². The Balaban J connectivity index is 2.13. The number of rotatable bonds is 3. The molecule has 0 fully saturated rings. The first-order chi connectivity index (χ1) is 10.5. The van der Waals surface area contributed by atoms with Gasteiger partial charge in [0.15, 0.2) is 0 Å². The largest absolute Gasteiger partial charge is 0.508 e. The number of aromatic hydroxyl groups is 1. The number of aromatic carboxylic acids is 1. The average molecular weight is 337 g/mol. The van der Waals surface area contributed by atoms with Gasteiger partial charge in [0.25, 0.3) is 0 Å². The predicted octanol–water partition coefficient (Wildman–Crippen LogP) is 3.80. The second-order valence-corrected chi connectivity index (χ2v) is 5.55. The molecule has 0 aliphatic carbocycles. The number of benzene rings is 1. The smallest absolute Gasteiger partial charge is 0.352 e. The van der Waals surface area contributed by atoms with Crippen LogP contribution in [0, 0.1) is 0 Å². The fourth-order valence-corrected chi connectivity index (χ4v) is 2.63. The van der Waals surface area contributed by atoms with Gasteiger partial charge >= 0.3 is 5.97 Å². The minimum Gasteiger partial charge on any atom is -0.508 e. The maximum atomic E-state index is 11.4. The number of hydrogen-bond acceptors (Lipinski definition) is 3. The minimum absolute atomic E-state index is 0.0813. The van der Waals surface area contributed by atoms with Gasteiger partial charge in [0, 0.05) is 23.6 Å². The molecule has 0 atom stereocenters. The number of carbonyl (C=O) groups is 1. The van der Waals surface area contributed by atoms with Crippen LogP contribution in [0.5, 0.6) is 5.75 Å². The number of carboxylic acid groups (broad SMARTS) is 1. The topological polar surface area (TPSA) is 75.3 Å². The molecular weight excluding hydrogens is 327 g/mol. The minimum atomic E-state index is -1.05. The molecule has 0 saturated carbocycles. The van der Waals surface area contributed by atoms with Crippen LogP contribution in [0.3, 0.4) is 0 Å². The number of phenolic OH excluding ortho intramolecular Hbond substituents is 1. The highest BCUT2D eigenvalue weighted by Gasteiger charge is 2.15. The summed E-state index contributed by atoms with van der Waals surface area (Å²) in [6.07, 6.45) is 1.55. The quantitative estimate of drug-likeness (QED) is 0.713. The molecule has 0 aliphatic rings. The van der Waals surface area contributed by atoms with Crippen LogP contribution in [-0.2, 0) is 6.54 Å². The Morgan fingerprint density at radius 2 is 2.00 bits per heavy atom. The van der Waals surface area contributed by atoms with Crippen LogP contribution in [-0.4, -0.2) is 25.7 Å². The van der Waals surface area contributed by atoms with Gasteiger partial charge in [-0.25, -0.2) is 9.78 Å². The molecule has 0 radical (unpaired) electrons. The number of hydrogen-bond donors (Lipinski definition) is 2. The van der Waals surface area contributed by atoms with E-state index in [0.717, 1.165) is 5.56 Å². The molecule has 0 aliphatic heterocycles. The van der Waals surface area contributed by atoms with E-state index in [1.165, 1.54) is 18.2 Å². The first-order valence-electron chi connectivity index (χ1n) is 6.31. The monoisotopic (exact) mass is 336 g/mol. The standard InChI is InChI=1S/C15H10Cl2N2O3/c16-11-3-8(6-18-14(11)17)7-19-12-2-1-10(20)4-9(12)5-13(19)15(21)22/h1-6,20H,7H2,(H,21,22). The lowest BCUT2D eigenvalue weighted by molar-refractivity contribution is 0.0686. The molecule has 0 unspecified atom stereocenters. The zero-order valence-corrected chi connectivity index (χ0v) is 12.6. The molecule has 0 saturated heterocycles. The van der Waals surface area contributed by atoms with Crippen molar-refractivity contribution in [3.05, 3.63) is 58.0 Å². The number of carboxylic acids is 1. The number of aromatic nitrogens is 2. The molecule has 2 heterocycles. The van der Waals surface area contributed by atoms with Crippen molar-refractivity contribution in [2.75, 3.05) is 0 Å². The predicted molar refractivity (Wildman–Crippen MR) is 83.9 cm³/mol. The third-order valence-electron chi connectivity index (χ3n) is 3.30. The molecule has 7 heteroatoms. The van der Waals surface area contributed by atoms with Crippen molar-refractivity contribution in [2.45, 2.75) is 6.54 Å². The number of phenols is 1. The highest BCUT2D eigenvalue weighted by Crippen LogP contribution is 2.26. The Bertz CT molecular complexity index is 890. The molecule has 112 valence electrons. The molecule has 3 aromatic rings. The molecule has 0 amide bonds. The van der Waals surface area contributed by atoms with E-state index in [1.807, 2.05) is 0 Å². The Kier molecular flexibility index (Phi) is 3.68. The molecule has 3 rings (SSSR count). The van der Waals surface area contributed by atoms with Crippen LogP contribution in [0.15, 0.2) is 36.5 Å². The van der Waals surface area contributed by atoms with Crippen molar-refractivity contribution >= 4 is 40.1 Å². The molecule has 2 aromatic heterocycles. The summed E-state index contributed by atoms with van der Waals surface area (Å²) in [6.45, 7) is 0.278. The van der Waals surface area contributed by atoms with Crippen LogP contribution >= 0.6 is 23.2 Å². The van der Waals surface area contributed by atoms with E-state index < -0.39 is 5.97 Å². The van der Waals surface area contributed by atoms with Crippen molar-refractivity contribution in [2.24, 2.45) is 0 Å². The Morgan fingerprint density at radius 3 is 2.68 bits per heavy atom. The summed E-state index contributed by atoms with van der Waals surface area (Å²) in [5, 5.41) is 20.0. The average Bonchev–Trinajstić information content (AvgIpc) is 2.81. The van der Waals surface area contributed by atoms with Gasteiger partial charge < -0.3 is 14.8 Å². The van der Waals surface area contributed by atoms with Crippen molar-refractivity contribution in [3.8, 4) is 5.75 Å². The van der Waals surface area contributed by atoms with Crippen molar-refractivity contribution in [3.63, 3.8) is 0 Å². The summed E-state index contributed by atoms with van der Waals surface area (Å²) < 4.78 is 1.62. The van der Waals surface area contributed by atoms with Gasteiger partial charge in [-0.2, -0.15) is 0 Å². The zero-order valence-electron chi connectivity index (χ0n) is 11.1. The third-order valence-corrected chi connectivity index (χ3v) is 3.98. The van der Waals surface area contributed by atoms with E-state index in [9.17, 15) is 15.0 Å². The van der Waals surface area contributed by atoms with Gasteiger partial charge in [-0.1, -0.05) is 23.2 Å². The highest BCUT2D eigenvalue weighted by molar-refractivity contribution is 6.41. The van der Waals surface area contributed by atoms with Crippen LogP contribution in [0.1, 0.15) is 16.1 Å². The Morgan fingerprint density at radius 1 is 1.23 bits per heavy atom. The Hall–Kier alpha value is -2.24. The van der Waals surface area contributed by atoms with E-state index in [4.69, 9.17) is 23.2 Å². The second kappa shape index (κ2) is 5.51. The molecule has 5 nitrogen and oxygen atoms in total. The zero-order chi connectivity index (χ0) is 15.9. The lowest BCUT2D eigenvalue weighted by atomic mass is 10.2. The fourth-order valence-electron chi connectivity index (χ4n) is 2.34. The van der Waals surface area contributed by atoms with E-state index >= 15 is 0 Å². The summed E-state index contributed by atoms with van der Waals surface area (Å²) in [5.74, 6) is -0.971. The summed E-state index contributed by atoms with van der Waals surface area (Å²) in [5.41, 5.74) is 1.54. The molecule has 1 aromatic carbocycles. The fraction of sp³-hybridized carbons (Fsp3) is 0.0667. The lowest BCUT2D eigenvalue weighted by Gasteiger charge is -2.09. The SMILES string of the molecule is O=C(O)c1cc2cc(O)ccc2n1Cc1cnc(Cl)c(Cl)c1. The maximum Gasteiger partial charge on any atom is 0.352 e. The summed E-state index contributed by atoms with van der Waals surface area (Å²) >= 11 is 11.7. The van der Waals surface area contributed by atoms with Crippen LogP contribution in [0.2, 0.25) is 10.2 Å². The highest BCUT2D eigenvalue weighted by atomic mass is 35.5. The third kappa shape index (κ3) is 2.61. The molecule has 2 N–H and O–H groups in total. The first-order valence-corrected chi connectivity index (χ1v) is 7.07. The van der Waals surface area contributed by atoms with Gasteiger partial charge in [-0.05, 0) is 35.9 Å². The number of fused-ring (bicyclic) bond motifs is 1. The van der Waals surface area contributed by atoms with Gasteiger partial charge in [-0.3, -0.25) is 0 Å². The normalized spacial score (nSPS) is 11.0. The maximum absolute atomic E-state index is 11.4. The van der Waals surface area contributed by atoms with Gasteiger partial charge in [0.2, 0.25) is 0 Å². The number of nitrogens with zero attached hydrogens (tertiary/aromatic N) is 2. The van der Waals surface area contributed by atoms with Crippen molar-refractivity contribution in [1.29, 1.82) is 0 Å². The van der Waals surface area contributed by atoms with E-state index in [1.54, 1.807) is 22.9 Å². The lowest BCUT2D eigenvalue weighted by Crippen LogP contribution is -2.09. The Labute approximate surface area is 135 Å². The number of halogens is 2. The van der Waals surface area contributed by atoms with E-state index in [-0.39, 0.29) is 23.1 Å². The second-order valence-electron chi connectivity index (χ2n) is 4.78. The first kappa shape index (κ1) is 14.7. The molecule has 0 bridgehead atoms. The van der Waals surface area contributed by atoms with E-state index in [2.05, 4.69) is 4.98 Å². The van der Waals surface area contributed by atoms with Crippen LogP contribution in [0.25, 0.3) is 10.9 Å². The van der Waals surface area contributed by atoms with Crippen LogP contribution in [0.4, 0.5) is 0 Å². The van der Waals surface area contributed by atoms with E-state index in [0.29, 0.717) is 15.9 Å². The summed E-state index contributed by atoms with van der Waals surface area (Å²) in [4.78, 5) is 15.4. The van der Waals surface area contributed by atoms with Crippen molar-refractivity contribution < 1.29 is 15.0 Å². The molecular formula is C15H10Cl2N2O3. The van der Waals surface area contributed by atoms with Crippen LogP contribution < -0.4 is 0 Å². The summed E-state index contributed by atoms with van der Waals surface area (Å²) in [6, 6.07) is 7.86. The molecule has 22 heavy (non-hydrogen) atoms. The number of pyridine rings is 1. The van der Waals surface area contributed by atoms with Gasteiger partial charge in [0.05, 0.1) is 5.02 Å². The van der Waals surface area contributed by atoms with Crippen molar-refractivity contribution in [1.82, 2.24) is 9.55 Å². The summed E-state index contributed by atoms with van der Waals surface area (Å²) in [7, 11) is 0.